The average Bonchev–Trinajstić information content (AvgIpc) is 2.92. The third kappa shape index (κ3) is 9.80. The van der Waals surface area contributed by atoms with Crippen molar-refractivity contribution in [3.8, 4) is 0 Å². The molecule has 0 bridgehead atoms. The first-order chi connectivity index (χ1) is 18.9. The fourth-order valence-corrected chi connectivity index (χ4v) is 7.31. The van der Waals surface area contributed by atoms with Crippen LogP contribution in [0.25, 0.3) is 0 Å². The van der Waals surface area contributed by atoms with Crippen LogP contribution in [0.3, 0.4) is 0 Å². The second-order valence-corrected chi connectivity index (χ2v) is 17.3. The van der Waals surface area contributed by atoms with Gasteiger partial charge < -0.3 is 4.74 Å². The smallest absolute Gasteiger partial charge is 0.0589 e. The van der Waals surface area contributed by atoms with Gasteiger partial charge in [0.2, 0.25) is 0 Å². The monoisotopic (exact) mass is 603 g/mol. The highest BCUT2D eigenvalue weighted by atomic mass is 32.2. The maximum Gasteiger partial charge on any atom is 0.0589 e. The minimum atomic E-state index is -2.40. The lowest BCUT2D eigenvalue weighted by molar-refractivity contribution is 0.124. The van der Waals surface area contributed by atoms with Crippen LogP contribution in [0.4, 0.5) is 0 Å². The first-order valence-electron chi connectivity index (χ1n) is 14.2. The van der Waals surface area contributed by atoms with Gasteiger partial charge in [-0.1, -0.05) is 71.9 Å². The van der Waals surface area contributed by atoms with E-state index >= 15 is 0 Å². The number of nitrogens with zero attached hydrogens (tertiary/aromatic N) is 3. The molecule has 0 radical (unpaired) electrons. The summed E-state index contributed by atoms with van der Waals surface area (Å²) in [6, 6.07) is 16.0. The van der Waals surface area contributed by atoms with Crippen molar-refractivity contribution in [1.82, 2.24) is 13.5 Å². The molecule has 1 saturated heterocycles. The zero-order chi connectivity index (χ0) is 31.1. The van der Waals surface area contributed by atoms with Crippen molar-refractivity contribution in [3.05, 3.63) is 72.3 Å². The Morgan fingerprint density at radius 3 is 1.66 bits per heavy atom. The van der Waals surface area contributed by atoms with E-state index in [-0.39, 0.29) is 10.8 Å². The Morgan fingerprint density at radius 2 is 1.27 bits per heavy atom. The quantitative estimate of drug-likeness (QED) is 0.287. The summed E-state index contributed by atoms with van der Waals surface area (Å²) in [5, 5.41) is 0. The minimum Gasteiger partial charge on any atom is -0.383 e. The van der Waals surface area contributed by atoms with E-state index in [4.69, 9.17) is 4.74 Å². The molecule has 0 saturated carbocycles. The molecular formula is C33H53N3O3S2. The highest BCUT2D eigenvalue weighted by Gasteiger charge is 2.24. The van der Waals surface area contributed by atoms with Crippen LogP contribution in [0, 0.1) is 0 Å². The molecule has 41 heavy (non-hydrogen) atoms. The number of benzene rings is 2. The third-order valence-corrected chi connectivity index (χ3v) is 11.8. The predicted octanol–water partition coefficient (Wildman–Crippen LogP) is 5.33. The first kappa shape index (κ1) is 35.3. The summed E-state index contributed by atoms with van der Waals surface area (Å²) in [6.45, 7) is 22.3. The van der Waals surface area contributed by atoms with Gasteiger partial charge in [0.1, 0.15) is 0 Å². The molecule has 0 amide bonds. The van der Waals surface area contributed by atoms with Crippen molar-refractivity contribution in [1.29, 1.82) is 0 Å². The molecule has 1 fully saturated rings. The van der Waals surface area contributed by atoms with Gasteiger partial charge in [0.05, 0.1) is 26.0 Å². The first-order valence-corrected chi connectivity index (χ1v) is 17.6. The zero-order valence-electron chi connectivity index (χ0n) is 26.7. The maximum atomic E-state index is 13.2. The molecule has 1 aliphatic rings. The lowest BCUT2D eigenvalue weighted by Gasteiger charge is -2.36. The Kier molecular flexibility index (Phi) is 12.5. The van der Waals surface area contributed by atoms with Gasteiger partial charge in [0.15, 0.2) is 0 Å². The van der Waals surface area contributed by atoms with Crippen LogP contribution in [0.15, 0.2) is 71.0 Å². The number of methoxy groups -OCH3 is 1. The summed E-state index contributed by atoms with van der Waals surface area (Å²) in [5.74, 6) is 7.91. The number of hydrogen-bond acceptors (Lipinski definition) is 4. The van der Waals surface area contributed by atoms with E-state index < -0.39 is 19.4 Å². The van der Waals surface area contributed by atoms with Gasteiger partial charge in [0.25, 0.3) is 0 Å². The van der Waals surface area contributed by atoms with Gasteiger partial charge in [-0.2, -0.15) is 0 Å². The largest absolute Gasteiger partial charge is 0.383 e. The molecule has 8 heteroatoms. The molecule has 1 aliphatic heterocycles. The molecule has 6 nitrogen and oxygen atoms in total. The van der Waals surface area contributed by atoms with Crippen LogP contribution in [0.5, 0.6) is 0 Å². The summed E-state index contributed by atoms with van der Waals surface area (Å²) >= 11 is 0. The van der Waals surface area contributed by atoms with Gasteiger partial charge in [-0.15, -0.1) is 6.58 Å². The molecule has 3 rings (SSSR count). The Balaban J connectivity index is 0.000000296. The zero-order valence-corrected chi connectivity index (χ0v) is 28.3. The number of piperazine rings is 1. The van der Waals surface area contributed by atoms with Crippen LogP contribution >= 0.6 is 0 Å². The average molecular weight is 604 g/mol. The Morgan fingerprint density at radius 1 is 0.829 bits per heavy atom. The molecule has 2 unspecified atom stereocenters. The molecule has 0 aliphatic carbocycles. The van der Waals surface area contributed by atoms with E-state index in [1.54, 1.807) is 24.5 Å². The maximum absolute atomic E-state index is 13.2. The van der Waals surface area contributed by atoms with Gasteiger partial charge in [-0.25, -0.2) is 17.0 Å². The Hall–Kier alpha value is -1.94. The van der Waals surface area contributed by atoms with E-state index in [0.717, 1.165) is 49.1 Å². The third-order valence-electron chi connectivity index (χ3n) is 7.43. The topological polar surface area (TPSA) is 53.1 Å². The van der Waals surface area contributed by atoms with Crippen molar-refractivity contribution in [2.45, 2.75) is 62.2 Å². The van der Waals surface area contributed by atoms with E-state index in [0.29, 0.717) is 6.54 Å². The molecule has 2 aromatic rings. The molecule has 1 heterocycles. The van der Waals surface area contributed by atoms with Crippen LogP contribution in [0.2, 0.25) is 0 Å². The summed E-state index contributed by atoms with van der Waals surface area (Å²) in [6.07, 6.45) is 1.73. The SMILES string of the molecule is C=CCN(C)S(=C)(=O)c1ccc(C(C)(C)C)cc1.C=S(=O)(c1ccc(C(C)(C)C)cc1)N1CCN(CCOC)CC1. The standard InChI is InChI=1S/C18H30N2O2S.C15H23NOS/c1-18(2,3)16-6-8-17(9-7-16)23(5,21)20-12-10-19(11-13-20)14-15-22-4;1-7-12-16(5)18(6,17)14-10-8-13(9-11-14)15(2,3)4/h6-9H,5,10-15H2,1-4H3;7-11H,1,6,12H2,2-5H3. The molecule has 2 atom stereocenters. The molecule has 230 valence electrons. The molecule has 0 N–H and O–H groups in total. The van der Waals surface area contributed by atoms with Crippen molar-refractivity contribution in [2.75, 3.05) is 60.0 Å². The summed E-state index contributed by atoms with van der Waals surface area (Å²) in [7, 11) is -1.27. The van der Waals surface area contributed by atoms with Crippen molar-refractivity contribution < 1.29 is 13.2 Å². The second kappa shape index (κ2) is 14.5. The van der Waals surface area contributed by atoms with Crippen molar-refractivity contribution in [2.24, 2.45) is 0 Å². The fraction of sp³-hybridized carbons (Fsp3) is 0.515. The van der Waals surface area contributed by atoms with Crippen LogP contribution in [-0.4, -0.2) is 93.7 Å². The highest BCUT2D eigenvalue weighted by Crippen LogP contribution is 2.26. The van der Waals surface area contributed by atoms with Gasteiger partial charge >= 0.3 is 0 Å². The fourth-order valence-electron chi connectivity index (χ4n) is 4.43. The van der Waals surface area contributed by atoms with Crippen LogP contribution in [-0.2, 0) is 35.0 Å². The summed E-state index contributed by atoms with van der Waals surface area (Å²) in [5.41, 5.74) is 2.69. The summed E-state index contributed by atoms with van der Waals surface area (Å²) in [4.78, 5) is 3.94. The minimum absolute atomic E-state index is 0.105. The number of likely N-dealkylation sites (N-methyl/N-ethyl adjacent to an activating group) is 1. The number of rotatable bonds is 9. The van der Waals surface area contributed by atoms with Crippen LogP contribution < -0.4 is 0 Å². The molecule has 2 aromatic carbocycles. The Bertz CT molecular complexity index is 1310. The summed E-state index contributed by atoms with van der Waals surface area (Å²) < 4.78 is 34.7. The highest BCUT2D eigenvalue weighted by molar-refractivity contribution is 7.98. The second-order valence-electron chi connectivity index (χ2n) is 12.7. The molecule has 0 spiro atoms. The number of ether oxygens (including phenoxy) is 1. The Labute approximate surface area is 251 Å². The van der Waals surface area contributed by atoms with E-state index in [1.165, 1.54) is 11.1 Å². The van der Waals surface area contributed by atoms with Crippen LogP contribution in [0.1, 0.15) is 52.7 Å². The van der Waals surface area contributed by atoms with Gasteiger partial charge in [-0.05, 0) is 65.0 Å². The van der Waals surface area contributed by atoms with Crippen molar-refractivity contribution in [3.63, 3.8) is 0 Å². The van der Waals surface area contributed by atoms with Gasteiger partial charge in [0, 0.05) is 56.2 Å². The lowest BCUT2D eigenvalue weighted by Crippen LogP contribution is -2.49. The number of hydrogen-bond donors (Lipinski definition) is 0. The normalized spacial score (nSPS) is 18.2. The predicted molar refractivity (Wildman–Crippen MR) is 180 cm³/mol. The van der Waals surface area contributed by atoms with E-state index in [2.05, 4.69) is 76.9 Å². The lowest BCUT2D eigenvalue weighted by atomic mass is 9.87. The van der Waals surface area contributed by atoms with Crippen molar-refractivity contribution >= 4 is 31.2 Å². The van der Waals surface area contributed by atoms with Gasteiger partial charge in [-0.3, -0.25) is 4.90 Å². The molecule has 0 aromatic heterocycles. The van der Waals surface area contributed by atoms with E-state index in [9.17, 15) is 8.42 Å². The van der Waals surface area contributed by atoms with E-state index in [1.807, 2.05) is 40.7 Å². The molecular weight excluding hydrogens is 551 g/mol.